The normalized spacial score (nSPS) is 19.3. The number of anilines is 1. The number of aromatic nitrogens is 2. The van der Waals surface area contributed by atoms with E-state index in [1.54, 1.807) is 0 Å². The van der Waals surface area contributed by atoms with Crippen LogP contribution >= 0.6 is 11.6 Å². The molecular weight excluding hydrogens is 350 g/mol. The van der Waals surface area contributed by atoms with Crippen LogP contribution in [0.1, 0.15) is 25.7 Å². The fourth-order valence-corrected chi connectivity index (χ4v) is 3.77. The first kappa shape index (κ1) is 16.9. The largest absolute Gasteiger partial charge is 0.480 e. The van der Waals surface area contributed by atoms with Gasteiger partial charge in [-0.15, -0.1) is 5.10 Å². The van der Waals surface area contributed by atoms with Crippen LogP contribution in [0.5, 0.6) is 0 Å². The summed E-state index contributed by atoms with van der Waals surface area (Å²) < 4.78 is 1.89. The SMILES string of the molecule is O=C(O)C1CCCCN1c1nn(-c2ccc(Cl)cc2)c2c1=CC=CCC=2. The van der Waals surface area contributed by atoms with Gasteiger partial charge in [0.15, 0.2) is 5.82 Å². The molecule has 2 heterocycles. The molecule has 4 rings (SSSR count). The Kier molecular flexibility index (Phi) is 4.55. The average Bonchev–Trinajstić information content (AvgIpc) is 2.84. The molecule has 0 amide bonds. The molecule has 6 heteroatoms. The van der Waals surface area contributed by atoms with E-state index in [1.165, 1.54) is 0 Å². The predicted octanol–water partition coefficient (Wildman–Crippen LogP) is 2.49. The maximum Gasteiger partial charge on any atom is 0.326 e. The smallest absolute Gasteiger partial charge is 0.326 e. The zero-order valence-corrected chi connectivity index (χ0v) is 15.1. The number of allylic oxidation sites excluding steroid dienone is 2. The van der Waals surface area contributed by atoms with Gasteiger partial charge >= 0.3 is 5.97 Å². The van der Waals surface area contributed by atoms with E-state index in [0.717, 1.165) is 41.3 Å². The van der Waals surface area contributed by atoms with Crippen molar-refractivity contribution in [2.45, 2.75) is 31.7 Å². The molecule has 1 N–H and O–H groups in total. The van der Waals surface area contributed by atoms with Crippen LogP contribution < -0.4 is 15.5 Å². The maximum atomic E-state index is 11.8. The van der Waals surface area contributed by atoms with Crippen LogP contribution in [0.4, 0.5) is 5.82 Å². The minimum absolute atomic E-state index is 0.526. The molecule has 1 aliphatic heterocycles. The van der Waals surface area contributed by atoms with Crippen LogP contribution in [0.15, 0.2) is 36.4 Å². The van der Waals surface area contributed by atoms with E-state index in [0.29, 0.717) is 18.0 Å². The van der Waals surface area contributed by atoms with E-state index in [9.17, 15) is 9.90 Å². The molecule has 1 saturated heterocycles. The Labute approximate surface area is 156 Å². The lowest BCUT2D eigenvalue weighted by atomic mass is 10.0. The summed E-state index contributed by atoms with van der Waals surface area (Å²) in [5.74, 6) is -0.0440. The van der Waals surface area contributed by atoms with E-state index < -0.39 is 12.0 Å². The highest BCUT2D eigenvalue weighted by molar-refractivity contribution is 6.30. The van der Waals surface area contributed by atoms with Crippen LogP contribution in [0, 0.1) is 0 Å². The van der Waals surface area contributed by atoms with Crippen LogP contribution in [0.25, 0.3) is 17.8 Å². The van der Waals surface area contributed by atoms with Gasteiger partial charge in [-0.1, -0.05) is 29.8 Å². The molecule has 0 saturated carbocycles. The quantitative estimate of drug-likeness (QED) is 0.903. The lowest BCUT2D eigenvalue weighted by molar-refractivity contribution is -0.139. The topological polar surface area (TPSA) is 58.4 Å². The van der Waals surface area contributed by atoms with Crippen molar-refractivity contribution < 1.29 is 9.90 Å². The molecule has 5 nitrogen and oxygen atoms in total. The molecule has 26 heavy (non-hydrogen) atoms. The molecule has 1 atom stereocenters. The van der Waals surface area contributed by atoms with Gasteiger partial charge in [-0.2, -0.15) is 0 Å². The predicted molar refractivity (Wildman–Crippen MR) is 103 cm³/mol. The molecular formula is C20H20ClN3O2. The summed E-state index contributed by atoms with van der Waals surface area (Å²) in [6, 6.07) is 7.00. The summed E-state index contributed by atoms with van der Waals surface area (Å²) in [7, 11) is 0. The Balaban J connectivity index is 1.91. The second-order valence-corrected chi connectivity index (χ2v) is 7.03. The van der Waals surface area contributed by atoms with Gasteiger partial charge in [0.05, 0.1) is 11.0 Å². The second kappa shape index (κ2) is 7.00. The highest BCUT2D eigenvalue weighted by atomic mass is 35.5. The molecule has 1 aromatic heterocycles. The van der Waals surface area contributed by atoms with Crippen LogP contribution in [-0.4, -0.2) is 33.4 Å². The number of fused-ring (bicyclic) bond motifs is 1. The van der Waals surface area contributed by atoms with Gasteiger partial charge in [0.1, 0.15) is 6.04 Å². The molecule has 1 unspecified atom stereocenters. The summed E-state index contributed by atoms with van der Waals surface area (Å²) >= 11 is 6.02. The van der Waals surface area contributed by atoms with Crippen molar-refractivity contribution in [1.82, 2.24) is 9.78 Å². The summed E-state index contributed by atoms with van der Waals surface area (Å²) in [5, 5.41) is 17.1. The number of carboxylic acid groups (broad SMARTS) is 1. The summed E-state index contributed by atoms with van der Waals surface area (Å²) in [6.45, 7) is 0.707. The third-order valence-electron chi connectivity index (χ3n) is 4.92. The van der Waals surface area contributed by atoms with Crippen molar-refractivity contribution in [1.29, 1.82) is 0 Å². The Bertz CT molecular complexity index is 976. The number of rotatable bonds is 3. The highest BCUT2D eigenvalue weighted by Gasteiger charge is 2.31. The van der Waals surface area contributed by atoms with Crippen molar-refractivity contribution in [2.24, 2.45) is 0 Å². The zero-order chi connectivity index (χ0) is 18.1. The monoisotopic (exact) mass is 369 g/mol. The number of hydrogen-bond donors (Lipinski definition) is 1. The lowest BCUT2D eigenvalue weighted by Gasteiger charge is -2.33. The standard InChI is InChI=1S/C20H20ClN3O2/c21-14-9-11-15(12-10-14)24-17-7-3-1-2-6-16(17)19(22-24)23-13-5-4-8-18(23)20(25)26/h1-2,6-7,9-12,18H,3-5,8,13H2,(H,25,26). The number of aliphatic carboxylic acids is 1. The number of benzene rings is 1. The molecule has 1 aliphatic carbocycles. The third kappa shape index (κ3) is 3.03. The fraction of sp³-hybridized carbons (Fsp3) is 0.300. The summed E-state index contributed by atoms with van der Waals surface area (Å²) in [5.41, 5.74) is 0.910. The van der Waals surface area contributed by atoms with Crippen molar-refractivity contribution in [3.05, 3.63) is 52.0 Å². The van der Waals surface area contributed by atoms with Crippen LogP contribution in [-0.2, 0) is 4.79 Å². The van der Waals surface area contributed by atoms with Crippen LogP contribution in [0.2, 0.25) is 5.02 Å². The van der Waals surface area contributed by atoms with E-state index in [2.05, 4.69) is 12.2 Å². The first-order chi connectivity index (χ1) is 12.6. The second-order valence-electron chi connectivity index (χ2n) is 6.59. The Hall–Kier alpha value is -2.53. The Morgan fingerprint density at radius 2 is 2.04 bits per heavy atom. The van der Waals surface area contributed by atoms with Gasteiger partial charge in [0.25, 0.3) is 0 Å². The number of carbonyl (C=O) groups is 1. The molecule has 0 bridgehead atoms. The molecule has 1 aromatic carbocycles. The Morgan fingerprint density at radius 3 is 2.81 bits per heavy atom. The van der Waals surface area contributed by atoms with Gasteiger partial charge in [-0.05, 0) is 56.0 Å². The van der Waals surface area contributed by atoms with E-state index in [-0.39, 0.29) is 0 Å². The number of halogens is 1. The molecule has 1 fully saturated rings. The lowest BCUT2D eigenvalue weighted by Crippen LogP contribution is -2.47. The van der Waals surface area contributed by atoms with E-state index >= 15 is 0 Å². The molecule has 0 spiro atoms. The maximum absolute atomic E-state index is 11.8. The number of piperidine rings is 1. The number of carboxylic acids is 1. The fourth-order valence-electron chi connectivity index (χ4n) is 3.64. The van der Waals surface area contributed by atoms with Crippen molar-refractivity contribution in [3.63, 3.8) is 0 Å². The van der Waals surface area contributed by atoms with Crippen LogP contribution in [0.3, 0.4) is 0 Å². The number of nitrogens with zero attached hydrogens (tertiary/aromatic N) is 3. The number of hydrogen-bond acceptors (Lipinski definition) is 3. The third-order valence-corrected chi connectivity index (χ3v) is 5.17. The summed E-state index contributed by atoms with van der Waals surface area (Å²) in [4.78, 5) is 13.7. The first-order valence-electron chi connectivity index (χ1n) is 8.86. The van der Waals surface area contributed by atoms with Gasteiger partial charge < -0.3 is 10.0 Å². The van der Waals surface area contributed by atoms with E-state index in [4.69, 9.17) is 16.7 Å². The molecule has 2 aliphatic rings. The van der Waals surface area contributed by atoms with Gasteiger partial charge in [-0.25, -0.2) is 9.48 Å². The zero-order valence-electron chi connectivity index (χ0n) is 14.3. The van der Waals surface area contributed by atoms with Gasteiger partial charge in [0.2, 0.25) is 0 Å². The van der Waals surface area contributed by atoms with Gasteiger partial charge in [0, 0.05) is 16.8 Å². The van der Waals surface area contributed by atoms with Crippen molar-refractivity contribution in [3.8, 4) is 5.69 Å². The average molecular weight is 370 g/mol. The van der Waals surface area contributed by atoms with Crippen molar-refractivity contribution in [2.75, 3.05) is 11.4 Å². The van der Waals surface area contributed by atoms with E-state index in [1.807, 2.05) is 46.0 Å². The minimum Gasteiger partial charge on any atom is -0.480 e. The first-order valence-corrected chi connectivity index (χ1v) is 9.24. The van der Waals surface area contributed by atoms with Crippen molar-refractivity contribution >= 4 is 35.5 Å². The Morgan fingerprint density at radius 1 is 1.23 bits per heavy atom. The molecule has 2 aromatic rings. The minimum atomic E-state index is -0.785. The molecule has 134 valence electrons. The highest BCUT2D eigenvalue weighted by Crippen LogP contribution is 2.22. The summed E-state index contributed by atoms with van der Waals surface area (Å²) in [6.07, 6.45) is 11.6. The van der Waals surface area contributed by atoms with Gasteiger partial charge in [-0.3, -0.25) is 0 Å². The molecule has 0 radical (unpaired) electrons.